The molecule has 0 spiro atoms. The van der Waals surface area contributed by atoms with E-state index in [9.17, 15) is 19.8 Å². The van der Waals surface area contributed by atoms with Crippen molar-refractivity contribution in [1.29, 1.82) is 0 Å². The van der Waals surface area contributed by atoms with Crippen LogP contribution in [0.1, 0.15) is 11.1 Å². The van der Waals surface area contributed by atoms with Crippen LogP contribution < -0.4 is 21.2 Å². The summed E-state index contributed by atoms with van der Waals surface area (Å²) in [5, 5.41) is 25.3. The molecule has 23 heavy (non-hydrogen) atoms. The van der Waals surface area contributed by atoms with Crippen LogP contribution in [-0.4, -0.2) is 28.9 Å². The standard InChI is InChI=1S/C13H13NO5.Co.3H2O/c1-7-4-12(18)19-13-8(7)2-3-10(15)9(13)5-14-6-11(16)17;;;;/h2-4,14-15H,5-6H2,1H3,(H,16,17);;3*1H2/q;+2;;;/p-2. The number of benzene rings is 1. The van der Waals surface area contributed by atoms with Gasteiger partial charge in [0.25, 0.3) is 0 Å². The molecule has 1 heterocycles. The summed E-state index contributed by atoms with van der Waals surface area (Å²) in [6.07, 6.45) is 0. The number of carboxylic acid groups (broad SMARTS) is 1. The number of hydrogen-bond donors (Lipinski definition) is 1. The maximum atomic E-state index is 11.8. The first-order chi connectivity index (χ1) is 8.99. The number of carbonyl (C=O) groups excluding carboxylic acids is 1. The molecule has 0 aliphatic rings. The fourth-order valence-corrected chi connectivity index (χ4v) is 1.88. The first-order valence-electron chi connectivity index (χ1n) is 5.63. The van der Waals surface area contributed by atoms with Crippen molar-refractivity contribution in [2.75, 3.05) is 6.54 Å². The molecule has 2 aromatic rings. The van der Waals surface area contributed by atoms with E-state index in [0.29, 0.717) is 10.9 Å². The molecular weight excluding hydrogens is 357 g/mol. The Morgan fingerprint density at radius 2 is 1.87 bits per heavy atom. The minimum absolute atomic E-state index is 0. The minimum atomic E-state index is -1.27. The van der Waals surface area contributed by atoms with Gasteiger partial charge < -0.3 is 41.2 Å². The van der Waals surface area contributed by atoms with E-state index in [4.69, 9.17) is 4.42 Å². The molecular formula is C13H17CoNO8. The van der Waals surface area contributed by atoms with Crippen molar-refractivity contribution in [2.45, 2.75) is 13.5 Å². The Kier molecular flexibility index (Phi) is 12.1. The fourth-order valence-electron chi connectivity index (χ4n) is 1.88. The summed E-state index contributed by atoms with van der Waals surface area (Å²) < 4.78 is 5.05. The number of aryl methyl sites for hydroxylation is 1. The van der Waals surface area contributed by atoms with Crippen LogP contribution in [0, 0.1) is 6.92 Å². The molecule has 1 radical (unpaired) electrons. The van der Waals surface area contributed by atoms with Crippen LogP contribution in [0.2, 0.25) is 0 Å². The van der Waals surface area contributed by atoms with Gasteiger partial charge in [0.2, 0.25) is 0 Å². The second-order valence-corrected chi connectivity index (χ2v) is 4.14. The third-order valence-corrected chi connectivity index (χ3v) is 2.75. The van der Waals surface area contributed by atoms with E-state index >= 15 is 0 Å². The molecule has 0 aliphatic carbocycles. The van der Waals surface area contributed by atoms with Gasteiger partial charge in [0.05, 0.1) is 5.97 Å². The van der Waals surface area contributed by atoms with Crippen LogP contribution in [0.3, 0.4) is 0 Å². The minimum Gasteiger partial charge on any atom is -0.872 e. The Bertz CT molecular complexity index is 700. The van der Waals surface area contributed by atoms with Gasteiger partial charge in [-0.05, 0) is 12.5 Å². The summed E-state index contributed by atoms with van der Waals surface area (Å²) in [4.78, 5) is 21.7. The molecule has 10 heteroatoms. The summed E-state index contributed by atoms with van der Waals surface area (Å²) in [5.74, 6) is -1.59. The molecule has 2 rings (SSSR count). The topological polar surface area (TPSA) is 200 Å². The Hall–Kier alpha value is -1.95. The van der Waals surface area contributed by atoms with Crippen molar-refractivity contribution in [3.05, 3.63) is 39.7 Å². The Labute approximate surface area is 141 Å². The van der Waals surface area contributed by atoms with E-state index in [1.165, 1.54) is 12.1 Å². The first-order valence-corrected chi connectivity index (χ1v) is 5.63. The molecule has 1 aromatic heterocycles. The summed E-state index contributed by atoms with van der Waals surface area (Å²) in [7, 11) is 0. The van der Waals surface area contributed by atoms with Crippen molar-refractivity contribution >= 4 is 16.9 Å². The van der Waals surface area contributed by atoms with Gasteiger partial charge in [-0.3, -0.25) is 0 Å². The molecule has 7 N–H and O–H groups in total. The van der Waals surface area contributed by atoms with E-state index < -0.39 is 11.6 Å². The smallest absolute Gasteiger partial charge is 0.872 e. The zero-order valence-electron chi connectivity index (χ0n) is 12.0. The van der Waals surface area contributed by atoms with Gasteiger partial charge in [0.1, 0.15) is 5.58 Å². The molecule has 0 saturated heterocycles. The molecule has 0 amide bonds. The Morgan fingerprint density at radius 1 is 1.26 bits per heavy atom. The van der Waals surface area contributed by atoms with Crippen molar-refractivity contribution < 1.29 is 52.6 Å². The normalized spacial score (nSPS) is 8.91. The number of rotatable bonds is 4. The van der Waals surface area contributed by atoms with Crippen molar-refractivity contribution in [3.63, 3.8) is 0 Å². The van der Waals surface area contributed by atoms with Gasteiger partial charge >= 0.3 is 22.4 Å². The van der Waals surface area contributed by atoms with Gasteiger partial charge in [0.15, 0.2) is 0 Å². The molecule has 0 fully saturated rings. The van der Waals surface area contributed by atoms with E-state index in [2.05, 4.69) is 5.32 Å². The molecule has 9 nitrogen and oxygen atoms in total. The van der Waals surface area contributed by atoms with E-state index in [-0.39, 0.29) is 63.2 Å². The van der Waals surface area contributed by atoms with Crippen LogP contribution in [0.4, 0.5) is 0 Å². The Morgan fingerprint density at radius 3 is 2.43 bits per heavy atom. The van der Waals surface area contributed by atoms with E-state index in [1.54, 1.807) is 13.0 Å². The second-order valence-electron chi connectivity index (χ2n) is 4.14. The fraction of sp³-hybridized carbons (Fsp3) is 0.231. The predicted molar refractivity (Wildman–Crippen MR) is 74.2 cm³/mol. The number of hydrogen-bond acceptors (Lipinski definition) is 6. The molecule has 0 aliphatic heterocycles. The van der Waals surface area contributed by atoms with Crippen molar-refractivity contribution in [1.82, 2.24) is 5.32 Å². The quantitative estimate of drug-likeness (QED) is 0.539. The van der Waals surface area contributed by atoms with Gasteiger partial charge in [-0.25, -0.2) is 4.79 Å². The average molecular weight is 374 g/mol. The molecule has 0 atom stereocenters. The number of carboxylic acids is 1. The van der Waals surface area contributed by atoms with Crippen molar-refractivity contribution in [3.8, 4) is 5.75 Å². The monoisotopic (exact) mass is 374 g/mol. The maximum absolute atomic E-state index is 11.8. The van der Waals surface area contributed by atoms with Crippen molar-refractivity contribution in [2.24, 2.45) is 0 Å². The summed E-state index contributed by atoms with van der Waals surface area (Å²) in [6, 6.07) is 4.29. The third kappa shape index (κ3) is 5.98. The van der Waals surface area contributed by atoms with Gasteiger partial charge in [-0.2, -0.15) is 0 Å². The maximum Gasteiger partial charge on any atom is 2.00 e. The summed E-state index contributed by atoms with van der Waals surface area (Å²) >= 11 is 0. The third-order valence-electron chi connectivity index (χ3n) is 2.75. The molecule has 0 bridgehead atoms. The van der Waals surface area contributed by atoms with Gasteiger partial charge in [0, 0.05) is 30.1 Å². The summed E-state index contributed by atoms with van der Waals surface area (Å²) in [5.41, 5.74) is 0.590. The van der Waals surface area contributed by atoms with Gasteiger partial charge in [-0.15, -0.1) is 5.75 Å². The zero-order chi connectivity index (χ0) is 14.0. The van der Waals surface area contributed by atoms with Crippen LogP contribution in [0.5, 0.6) is 5.75 Å². The van der Waals surface area contributed by atoms with Crippen LogP contribution in [0.25, 0.3) is 11.0 Å². The number of nitrogens with one attached hydrogen (secondary N) is 1. The summed E-state index contributed by atoms with van der Waals surface area (Å²) in [6.45, 7) is 1.35. The first kappa shape index (κ1) is 26.0. The molecule has 1 aromatic carbocycles. The Balaban J connectivity index is -0.000001000. The number of carbonyl (C=O) groups is 1. The molecule has 131 valence electrons. The van der Waals surface area contributed by atoms with Gasteiger partial charge in [-0.1, -0.05) is 12.1 Å². The average Bonchev–Trinajstić information content (AvgIpc) is 2.31. The van der Waals surface area contributed by atoms with Crippen LogP contribution >= 0.6 is 0 Å². The second kappa shape index (κ2) is 10.7. The molecule has 0 unspecified atom stereocenters. The van der Waals surface area contributed by atoms with E-state index in [0.717, 1.165) is 0 Å². The van der Waals surface area contributed by atoms with Crippen LogP contribution in [-0.2, 0) is 28.1 Å². The zero-order valence-corrected chi connectivity index (χ0v) is 13.1. The molecule has 0 saturated carbocycles. The SMILES string of the molecule is Cc1cc(=O)oc2c(CNCC(=O)[O-])c([O-])ccc12.O.O.O.[Co+2]. The predicted octanol–water partition coefficient (Wildman–Crippen LogP) is -3.46. The van der Waals surface area contributed by atoms with E-state index in [1.807, 2.05) is 0 Å². The number of aliphatic carboxylic acids is 1. The number of fused-ring (bicyclic) bond motifs is 1. The van der Waals surface area contributed by atoms with Crippen LogP contribution in [0.15, 0.2) is 27.4 Å². The largest absolute Gasteiger partial charge is 2.00 e.